The van der Waals surface area contributed by atoms with E-state index in [9.17, 15) is 18.3 Å². The molecule has 0 aliphatic heterocycles. The number of halogens is 4. The Morgan fingerprint density at radius 3 is 2.55 bits per heavy atom. The van der Waals surface area contributed by atoms with E-state index in [1.807, 2.05) is 0 Å². The van der Waals surface area contributed by atoms with Gasteiger partial charge in [-0.3, -0.25) is 14.6 Å². The second-order valence-corrected chi connectivity index (χ2v) is 8.62. The van der Waals surface area contributed by atoms with Crippen molar-refractivity contribution in [3.63, 3.8) is 0 Å². The molecule has 0 bridgehead atoms. The van der Waals surface area contributed by atoms with Gasteiger partial charge in [-0.05, 0) is 25.8 Å². The quantitative estimate of drug-likeness (QED) is 0.424. The van der Waals surface area contributed by atoms with Crippen LogP contribution < -0.4 is 0 Å². The first-order valence-corrected chi connectivity index (χ1v) is 10.4. The van der Waals surface area contributed by atoms with E-state index in [2.05, 4.69) is 20.2 Å². The largest absolute Gasteiger partial charge is 0.433 e. The Balaban J connectivity index is 1.73. The number of aliphatic hydroxyl groups is 1. The van der Waals surface area contributed by atoms with Crippen molar-refractivity contribution in [3.8, 4) is 33.8 Å². The van der Waals surface area contributed by atoms with Crippen LogP contribution in [0.5, 0.6) is 0 Å². The topological polar surface area (TPSA) is 89.9 Å². The summed E-state index contributed by atoms with van der Waals surface area (Å²) in [6.07, 6.45) is 0.986. The maximum Gasteiger partial charge on any atom is 0.433 e. The smallest absolute Gasteiger partial charge is 0.390 e. The standard InChI is InChI=1S/C22H17ClF3N5O2/c1-21(32)8-12(9-21)31-20(22(24,25)26)14(10-29-31)19-17(16-11-27-6-7-28-16)18(30-33-19)13-4-2-3-5-15(13)23/h2-7,10-12,32H,8-9H2,1H3/t12-,21+. The minimum absolute atomic E-state index is 0.143. The van der Waals surface area contributed by atoms with Crippen molar-refractivity contribution >= 4 is 11.6 Å². The van der Waals surface area contributed by atoms with Gasteiger partial charge in [0.25, 0.3) is 0 Å². The molecule has 0 saturated heterocycles. The van der Waals surface area contributed by atoms with Crippen molar-refractivity contribution in [1.82, 2.24) is 24.9 Å². The summed E-state index contributed by atoms with van der Waals surface area (Å²) in [6, 6.07) is 6.21. The van der Waals surface area contributed by atoms with E-state index in [4.69, 9.17) is 16.1 Å². The molecule has 11 heteroatoms. The van der Waals surface area contributed by atoms with E-state index in [1.165, 1.54) is 18.6 Å². The van der Waals surface area contributed by atoms with Gasteiger partial charge in [0, 0.05) is 18.0 Å². The summed E-state index contributed by atoms with van der Waals surface area (Å²) >= 11 is 6.34. The van der Waals surface area contributed by atoms with E-state index in [0.717, 1.165) is 10.9 Å². The highest BCUT2D eigenvalue weighted by Gasteiger charge is 2.47. The summed E-state index contributed by atoms with van der Waals surface area (Å²) in [5, 5.41) is 18.5. The van der Waals surface area contributed by atoms with Crippen LogP contribution in [-0.2, 0) is 6.18 Å². The molecular weight excluding hydrogens is 459 g/mol. The molecule has 1 saturated carbocycles. The zero-order chi connectivity index (χ0) is 23.4. The average Bonchev–Trinajstić information content (AvgIpc) is 3.37. The minimum Gasteiger partial charge on any atom is -0.390 e. The maximum absolute atomic E-state index is 14.2. The lowest BCUT2D eigenvalue weighted by molar-refractivity contribution is -0.148. The van der Waals surface area contributed by atoms with Crippen molar-refractivity contribution in [2.45, 2.75) is 37.6 Å². The van der Waals surface area contributed by atoms with Crippen molar-refractivity contribution in [3.05, 3.63) is 59.8 Å². The summed E-state index contributed by atoms with van der Waals surface area (Å²) in [7, 11) is 0. The summed E-state index contributed by atoms with van der Waals surface area (Å²) < 4.78 is 49.1. The Kier molecular flexibility index (Phi) is 5.02. The van der Waals surface area contributed by atoms with E-state index >= 15 is 0 Å². The Morgan fingerprint density at radius 1 is 1.15 bits per heavy atom. The number of hydrogen-bond acceptors (Lipinski definition) is 6. The van der Waals surface area contributed by atoms with Crippen LogP contribution in [0.4, 0.5) is 13.2 Å². The summed E-state index contributed by atoms with van der Waals surface area (Å²) in [6.45, 7) is 1.58. The van der Waals surface area contributed by atoms with Crippen molar-refractivity contribution in [2.24, 2.45) is 0 Å². The van der Waals surface area contributed by atoms with Gasteiger partial charge in [-0.25, -0.2) is 0 Å². The van der Waals surface area contributed by atoms with Gasteiger partial charge in [0.1, 0.15) is 5.69 Å². The normalized spacial score (nSPS) is 20.6. The minimum atomic E-state index is -4.73. The fourth-order valence-electron chi connectivity index (χ4n) is 4.19. The van der Waals surface area contributed by atoms with Crippen LogP contribution >= 0.6 is 11.6 Å². The lowest BCUT2D eigenvalue weighted by Gasteiger charge is -2.41. The number of nitrogens with zero attached hydrogens (tertiary/aromatic N) is 5. The predicted molar refractivity (Wildman–Crippen MR) is 113 cm³/mol. The first kappa shape index (κ1) is 21.6. The lowest BCUT2D eigenvalue weighted by atomic mass is 9.77. The van der Waals surface area contributed by atoms with E-state index in [1.54, 1.807) is 31.2 Å². The fourth-order valence-corrected chi connectivity index (χ4v) is 4.42. The molecule has 0 radical (unpaired) electrons. The molecule has 1 aliphatic carbocycles. The number of rotatable bonds is 4. The zero-order valence-corrected chi connectivity index (χ0v) is 18.0. The lowest BCUT2D eigenvalue weighted by Crippen LogP contribution is -2.43. The fraction of sp³-hybridized carbons (Fsp3) is 0.273. The second-order valence-electron chi connectivity index (χ2n) is 8.21. The number of hydrogen-bond donors (Lipinski definition) is 1. The molecule has 4 aromatic rings. The third kappa shape index (κ3) is 3.79. The molecule has 0 spiro atoms. The summed E-state index contributed by atoms with van der Waals surface area (Å²) in [4.78, 5) is 8.30. The molecule has 33 heavy (non-hydrogen) atoms. The Morgan fingerprint density at radius 2 is 1.91 bits per heavy atom. The molecule has 1 aliphatic rings. The molecule has 0 atom stereocenters. The van der Waals surface area contributed by atoms with Crippen LogP contribution in [0, 0.1) is 0 Å². The van der Waals surface area contributed by atoms with Crippen molar-refractivity contribution in [1.29, 1.82) is 0 Å². The predicted octanol–water partition coefficient (Wildman–Crippen LogP) is 5.42. The van der Waals surface area contributed by atoms with Gasteiger partial charge in [0.15, 0.2) is 11.5 Å². The van der Waals surface area contributed by atoms with Crippen LogP contribution in [0.15, 0.2) is 53.6 Å². The molecular formula is C22H17ClF3N5O2. The first-order chi connectivity index (χ1) is 15.7. The SMILES string of the molecule is C[C@]1(O)C[C@@H](n2ncc(-c3onc(-c4ccccc4Cl)c3-c3cnccn3)c2C(F)(F)F)C1. The van der Waals surface area contributed by atoms with E-state index in [-0.39, 0.29) is 41.1 Å². The van der Waals surface area contributed by atoms with Gasteiger partial charge < -0.3 is 9.63 Å². The third-order valence-electron chi connectivity index (χ3n) is 5.65. The van der Waals surface area contributed by atoms with Crippen molar-refractivity contribution in [2.75, 3.05) is 0 Å². The average molecular weight is 476 g/mol. The number of benzene rings is 1. The Hall–Kier alpha value is -3.24. The first-order valence-electron chi connectivity index (χ1n) is 10.0. The van der Waals surface area contributed by atoms with Crippen LogP contribution in [-0.4, -0.2) is 35.6 Å². The Bertz CT molecular complexity index is 1310. The molecule has 5 rings (SSSR count). The van der Waals surface area contributed by atoms with Crippen LogP contribution in [0.1, 0.15) is 31.5 Å². The number of aromatic nitrogens is 5. The maximum atomic E-state index is 14.2. The molecule has 7 nitrogen and oxygen atoms in total. The zero-order valence-electron chi connectivity index (χ0n) is 17.2. The van der Waals surface area contributed by atoms with Gasteiger partial charge in [-0.2, -0.15) is 18.3 Å². The summed E-state index contributed by atoms with van der Waals surface area (Å²) in [5.41, 5.74) is -1.06. The van der Waals surface area contributed by atoms with Crippen LogP contribution in [0.3, 0.4) is 0 Å². The molecule has 0 amide bonds. The molecule has 3 heterocycles. The molecule has 170 valence electrons. The van der Waals surface area contributed by atoms with Gasteiger partial charge in [0.2, 0.25) is 0 Å². The van der Waals surface area contributed by atoms with Crippen LogP contribution in [0.25, 0.3) is 33.8 Å². The van der Waals surface area contributed by atoms with E-state index < -0.39 is 23.5 Å². The monoisotopic (exact) mass is 475 g/mol. The number of alkyl halides is 3. The molecule has 1 N–H and O–H groups in total. The van der Waals surface area contributed by atoms with E-state index in [0.29, 0.717) is 10.6 Å². The van der Waals surface area contributed by atoms with Gasteiger partial charge in [-0.1, -0.05) is 35.0 Å². The second kappa shape index (κ2) is 7.67. The highest BCUT2D eigenvalue weighted by atomic mass is 35.5. The summed E-state index contributed by atoms with van der Waals surface area (Å²) in [5.74, 6) is -0.143. The van der Waals surface area contributed by atoms with Crippen molar-refractivity contribution < 1.29 is 22.8 Å². The van der Waals surface area contributed by atoms with Gasteiger partial charge in [0.05, 0.1) is 45.9 Å². The molecule has 0 unspecified atom stereocenters. The highest BCUT2D eigenvalue weighted by molar-refractivity contribution is 6.33. The van der Waals surface area contributed by atoms with Gasteiger partial charge >= 0.3 is 6.18 Å². The molecule has 3 aromatic heterocycles. The molecule has 1 aromatic carbocycles. The molecule has 1 fully saturated rings. The van der Waals surface area contributed by atoms with Crippen LogP contribution in [0.2, 0.25) is 5.02 Å². The third-order valence-corrected chi connectivity index (χ3v) is 5.98. The highest BCUT2D eigenvalue weighted by Crippen LogP contribution is 2.48. The Labute approximate surface area is 190 Å². The van der Waals surface area contributed by atoms with Gasteiger partial charge in [-0.15, -0.1) is 0 Å².